The molecule has 1 fully saturated rings. The fourth-order valence-corrected chi connectivity index (χ4v) is 6.11. The lowest BCUT2D eigenvalue weighted by Gasteiger charge is -2.29. The lowest BCUT2D eigenvalue weighted by atomic mass is 9.85. The third-order valence-corrected chi connectivity index (χ3v) is 8.40. The number of H-pyrrole nitrogens is 1. The van der Waals surface area contributed by atoms with Crippen molar-refractivity contribution in [2.45, 2.75) is 49.6 Å². The number of sulfonamides is 1. The number of hydrogen-bond acceptors (Lipinski definition) is 5. The zero-order valence-electron chi connectivity index (χ0n) is 20.6. The minimum Gasteiger partial charge on any atom is -0.349 e. The number of benzene rings is 3. The van der Waals surface area contributed by atoms with Crippen LogP contribution in [0.2, 0.25) is 0 Å². The number of rotatable bonds is 8. The van der Waals surface area contributed by atoms with Gasteiger partial charge in [0.05, 0.1) is 22.0 Å². The number of nitrogens with zero attached hydrogens (tertiary/aromatic N) is 1. The van der Waals surface area contributed by atoms with Crippen molar-refractivity contribution < 1.29 is 13.2 Å². The predicted octanol–water partition coefficient (Wildman–Crippen LogP) is 5.02. The quantitative estimate of drug-likeness (QED) is 0.262. The first kappa shape index (κ1) is 25.0. The van der Waals surface area contributed by atoms with Crippen molar-refractivity contribution in [1.29, 1.82) is 0 Å². The molecule has 192 valence electrons. The number of imidazole rings is 1. The molecule has 0 unspecified atom stereocenters. The minimum absolute atomic E-state index is 0.0292. The lowest BCUT2D eigenvalue weighted by molar-refractivity contribution is -0.126. The number of anilines is 2. The van der Waals surface area contributed by atoms with Gasteiger partial charge in [-0.15, -0.1) is 0 Å². The van der Waals surface area contributed by atoms with Gasteiger partial charge in [0.25, 0.3) is 0 Å². The van der Waals surface area contributed by atoms with Crippen molar-refractivity contribution in [3.8, 4) is 0 Å². The monoisotopic (exact) mass is 517 g/mol. The molecule has 0 spiro atoms. The van der Waals surface area contributed by atoms with E-state index >= 15 is 0 Å². The molecule has 5 rings (SSSR count). The second kappa shape index (κ2) is 10.7. The number of aromatic amines is 1. The van der Waals surface area contributed by atoms with Crippen LogP contribution in [0.25, 0.3) is 11.0 Å². The van der Waals surface area contributed by atoms with Crippen LogP contribution in [0.4, 0.5) is 11.6 Å². The maximum Gasteiger partial charge on any atom is 0.240 e. The number of hydrogen-bond donors (Lipinski definition) is 4. The Hall–Kier alpha value is -3.69. The zero-order chi connectivity index (χ0) is 25.8. The molecule has 0 aliphatic heterocycles. The molecule has 0 radical (unpaired) electrons. The van der Waals surface area contributed by atoms with Crippen molar-refractivity contribution in [3.05, 3.63) is 84.4 Å². The van der Waals surface area contributed by atoms with Gasteiger partial charge in [-0.05, 0) is 68.5 Å². The van der Waals surface area contributed by atoms with Crippen LogP contribution < -0.4 is 15.4 Å². The highest BCUT2D eigenvalue weighted by molar-refractivity contribution is 7.89. The first-order valence-corrected chi connectivity index (χ1v) is 14.1. The second-order valence-electron chi connectivity index (χ2n) is 9.57. The molecule has 1 aromatic heterocycles. The lowest BCUT2D eigenvalue weighted by Crippen LogP contribution is -2.41. The first-order chi connectivity index (χ1) is 17.9. The summed E-state index contributed by atoms with van der Waals surface area (Å²) in [5, 5.41) is 6.28. The number of carbonyl (C=O) groups excluding carboxylic acids is 1. The van der Waals surface area contributed by atoms with Gasteiger partial charge >= 0.3 is 0 Å². The Morgan fingerprint density at radius 1 is 0.946 bits per heavy atom. The van der Waals surface area contributed by atoms with Crippen molar-refractivity contribution in [2.75, 3.05) is 5.32 Å². The van der Waals surface area contributed by atoms with Gasteiger partial charge in [-0.25, -0.2) is 18.1 Å². The molecule has 1 heterocycles. The fraction of sp³-hybridized carbons (Fsp3) is 0.286. The van der Waals surface area contributed by atoms with Crippen LogP contribution in [0.5, 0.6) is 0 Å². The van der Waals surface area contributed by atoms with Crippen molar-refractivity contribution in [2.24, 2.45) is 5.92 Å². The van der Waals surface area contributed by atoms with Crippen LogP contribution >= 0.6 is 0 Å². The van der Waals surface area contributed by atoms with E-state index in [9.17, 15) is 13.2 Å². The molecule has 8 nitrogen and oxygen atoms in total. The van der Waals surface area contributed by atoms with Crippen LogP contribution in [-0.4, -0.2) is 30.3 Å². The van der Waals surface area contributed by atoms with E-state index in [0.717, 1.165) is 16.8 Å². The molecule has 4 N–H and O–H groups in total. The van der Waals surface area contributed by atoms with Crippen LogP contribution in [-0.2, 0) is 14.8 Å². The van der Waals surface area contributed by atoms with E-state index in [4.69, 9.17) is 0 Å². The summed E-state index contributed by atoms with van der Waals surface area (Å²) in [5.41, 5.74) is 3.26. The van der Waals surface area contributed by atoms with Crippen LogP contribution in [0.3, 0.4) is 0 Å². The Morgan fingerprint density at radius 2 is 1.62 bits per heavy atom. The summed E-state index contributed by atoms with van der Waals surface area (Å²) >= 11 is 0. The Kier molecular flexibility index (Phi) is 7.25. The molecule has 1 atom stereocenters. The molecule has 1 amide bonds. The van der Waals surface area contributed by atoms with Crippen molar-refractivity contribution >= 4 is 38.6 Å². The highest BCUT2D eigenvalue weighted by Gasteiger charge is 2.30. The molecule has 4 aromatic rings. The highest BCUT2D eigenvalue weighted by atomic mass is 32.2. The average molecular weight is 518 g/mol. The predicted molar refractivity (Wildman–Crippen MR) is 145 cm³/mol. The second-order valence-corrected chi connectivity index (χ2v) is 11.3. The van der Waals surface area contributed by atoms with E-state index in [1.54, 1.807) is 18.2 Å². The Morgan fingerprint density at radius 3 is 2.32 bits per heavy atom. The fourth-order valence-electron chi connectivity index (χ4n) is 4.79. The van der Waals surface area contributed by atoms with E-state index in [0.29, 0.717) is 37.1 Å². The van der Waals surface area contributed by atoms with Crippen LogP contribution in [0.15, 0.2) is 83.8 Å². The van der Waals surface area contributed by atoms with E-state index in [1.807, 2.05) is 67.6 Å². The molecule has 0 saturated heterocycles. The van der Waals surface area contributed by atoms with E-state index < -0.39 is 10.0 Å². The zero-order valence-corrected chi connectivity index (χ0v) is 21.5. The van der Waals surface area contributed by atoms with Gasteiger partial charge in [0, 0.05) is 17.6 Å². The van der Waals surface area contributed by atoms with E-state index in [2.05, 4.69) is 25.3 Å². The largest absolute Gasteiger partial charge is 0.349 e. The number of nitrogens with one attached hydrogen (secondary N) is 4. The van der Waals surface area contributed by atoms with Gasteiger partial charge in [-0.1, -0.05) is 48.5 Å². The van der Waals surface area contributed by atoms with Crippen molar-refractivity contribution in [1.82, 2.24) is 20.0 Å². The normalized spacial score (nSPS) is 18.8. The Balaban J connectivity index is 1.18. The molecule has 1 saturated carbocycles. The number of carbonyl (C=O) groups is 1. The van der Waals surface area contributed by atoms with Gasteiger partial charge < -0.3 is 15.6 Å². The van der Waals surface area contributed by atoms with Gasteiger partial charge in [-0.3, -0.25) is 4.79 Å². The molecule has 37 heavy (non-hydrogen) atoms. The number of fused-ring (bicyclic) bond motifs is 1. The maximum atomic E-state index is 13.1. The van der Waals surface area contributed by atoms with Gasteiger partial charge in [0.15, 0.2) is 0 Å². The summed E-state index contributed by atoms with van der Waals surface area (Å²) < 4.78 is 29.1. The third-order valence-electron chi connectivity index (χ3n) is 6.88. The van der Waals surface area contributed by atoms with Crippen LogP contribution in [0, 0.1) is 5.92 Å². The molecule has 1 aliphatic carbocycles. The first-order valence-electron chi connectivity index (χ1n) is 12.6. The summed E-state index contributed by atoms with van der Waals surface area (Å²) in [4.78, 5) is 20.6. The molecule has 1 aliphatic rings. The number of para-hydroxylation sites is 1. The number of aromatic nitrogens is 2. The summed E-state index contributed by atoms with van der Waals surface area (Å²) in [6, 6.07) is 24.1. The molecule has 0 bridgehead atoms. The maximum absolute atomic E-state index is 13.1. The molecule has 3 aromatic carbocycles. The SMILES string of the molecule is C[C@@H](NC(=O)C1CCC(NS(=O)(=O)c2ccc3[nH]c(Nc4ccccc4)nc3c2)CC1)c1ccccc1. The Bertz CT molecular complexity index is 1460. The summed E-state index contributed by atoms with van der Waals surface area (Å²) in [7, 11) is -3.72. The van der Waals surface area contributed by atoms with Gasteiger partial charge in [0.2, 0.25) is 21.9 Å². The topological polar surface area (TPSA) is 116 Å². The summed E-state index contributed by atoms with van der Waals surface area (Å²) in [6.07, 6.45) is 2.53. The molecular weight excluding hydrogens is 486 g/mol. The standard InChI is InChI=1S/C28H31N5O3S/c1-19(20-8-4-2-5-9-20)29-27(34)21-12-14-23(15-13-21)33-37(35,36)24-16-17-25-26(18-24)32-28(31-25)30-22-10-6-3-7-11-22/h2-11,16-19,21,23,33H,12-15H2,1H3,(H,29,34)(H2,30,31,32)/t19-,21?,23?/m1/s1. The third kappa shape index (κ3) is 6.00. The average Bonchev–Trinajstić information content (AvgIpc) is 3.31. The summed E-state index contributed by atoms with van der Waals surface area (Å²) in [6.45, 7) is 1.98. The van der Waals surface area contributed by atoms with E-state index in [1.165, 1.54) is 0 Å². The van der Waals surface area contributed by atoms with E-state index in [-0.39, 0.29) is 28.8 Å². The van der Waals surface area contributed by atoms with Crippen molar-refractivity contribution in [3.63, 3.8) is 0 Å². The minimum atomic E-state index is -3.72. The summed E-state index contributed by atoms with van der Waals surface area (Å²) in [5.74, 6) is 0.464. The molecule has 9 heteroatoms. The smallest absolute Gasteiger partial charge is 0.240 e. The van der Waals surface area contributed by atoms with Crippen LogP contribution in [0.1, 0.15) is 44.2 Å². The number of amides is 1. The highest BCUT2D eigenvalue weighted by Crippen LogP contribution is 2.27. The molecular formula is C28H31N5O3S. The Labute approximate surface area is 217 Å². The van der Waals surface area contributed by atoms with Gasteiger partial charge in [-0.2, -0.15) is 0 Å². The van der Waals surface area contributed by atoms with Gasteiger partial charge in [0.1, 0.15) is 0 Å².